The van der Waals surface area contributed by atoms with Gasteiger partial charge in [0.2, 0.25) is 0 Å². The first-order valence-corrected chi connectivity index (χ1v) is 7.77. The highest BCUT2D eigenvalue weighted by Crippen LogP contribution is 2.36. The van der Waals surface area contributed by atoms with Crippen LogP contribution in [0.15, 0.2) is 12.1 Å². The van der Waals surface area contributed by atoms with Gasteiger partial charge in [-0.05, 0) is 23.3 Å². The summed E-state index contributed by atoms with van der Waals surface area (Å²) in [5.74, 6) is 0.886. The Labute approximate surface area is 130 Å². The Balaban J connectivity index is 1.83. The van der Waals surface area contributed by atoms with Crippen molar-refractivity contribution in [2.75, 3.05) is 26.9 Å². The second-order valence-corrected chi connectivity index (χ2v) is 6.19. The summed E-state index contributed by atoms with van der Waals surface area (Å²) >= 11 is 6.18. The molecule has 1 atom stereocenters. The summed E-state index contributed by atoms with van der Waals surface area (Å²) < 4.78 is 16.7. The first-order valence-electron chi connectivity index (χ1n) is 7.40. The van der Waals surface area contributed by atoms with Crippen molar-refractivity contribution in [3.05, 3.63) is 28.3 Å². The van der Waals surface area contributed by atoms with Crippen LogP contribution >= 0.6 is 11.6 Å². The molecule has 0 radical (unpaired) electrons. The molecule has 116 valence electrons. The van der Waals surface area contributed by atoms with Crippen molar-refractivity contribution >= 4 is 11.6 Å². The fourth-order valence-electron chi connectivity index (χ4n) is 3.28. The fourth-order valence-corrected chi connectivity index (χ4v) is 3.55. The van der Waals surface area contributed by atoms with Gasteiger partial charge in [0.15, 0.2) is 0 Å². The number of methoxy groups -OCH3 is 1. The van der Waals surface area contributed by atoms with Crippen molar-refractivity contribution in [1.82, 2.24) is 0 Å². The maximum absolute atomic E-state index is 10.7. The molecule has 1 saturated heterocycles. The maximum Gasteiger partial charge on any atom is 0.126 e. The lowest BCUT2D eigenvalue weighted by Crippen LogP contribution is -2.49. The van der Waals surface area contributed by atoms with Crippen molar-refractivity contribution in [2.24, 2.45) is 0 Å². The third-order valence-corrected chi connectivity index (χ3v) is 4.81. The van der Waals surface area contributed by atoms with E-state index in [2.05, 4.69) is 0 Å². The smallest absolute Gasteiger partial charge is 0.126 e. The summed E-state index contributed by atoms with van der Waals surface area (Å²) in [7, 11) is 1.66. The Morgan fingerprint density at radius 1 is 1.33 bits per heavy atom. The molecular weight excluding hydrogens is 292 g/mol. The zero-order valence-electron chi connectivity index (χ0n) is 12.2. The predicted octanol–water partition coefficient (Wildman–Crippen LogP) is 2.37. The van der Waals surface area contributed by atoms with E-state index in [1.54, 1.807) is 7.11 Å². The molecule has 0 aliphatic carbocycles. The molecule has 1 aromatic carbocycles. The average molecular weight is 313 g/mol. The van der Waals surface area contributed by atoms with Crippen LogP contribution in [0.1, 0.15) is 24.0 Å². The van der Waals surface area contributed by atoms with Crippen LogP contribution < -0.4 is 4.74 Å². The molecule has 3 rings (SSSR count). The second kappa shape index (κ2) is 6.13. The summed E-state index contributed by atoms with van der Waals surface area (Å²) in [6, 6.07) is 3.83. The van der Waals surface area contributed by atoms with Crippen LogP contribution in [0.5, 0.6) is 5.75 Å². The van der Waals surface area contributed by atoms with E-state index in [0.717, 1.165) is 23.3 Å². The van der Waals surface area contributed by atoms with E-state index >= 15 is 0 Å². The van der Waals surface area contributed by atoms with Crippen molar-refractivity contribution in [2.45, 2.75) is 37.4 Å². The van der Waals surface area contributed by atoms with Crippen molar-refractivity contribution < 1.29 is 19.3 Å². The number of aliphatic hydroxyl groups is 1. The van der Waals surface area contributed by atoms with Crippen LogP contribution in [0.25, 0.3) is 0 Å². The highest BCUT2D eigenvalue weighted by atomic mass is 35.5. The van der Waals surface area contributed by atoms with Crippen LogP contribution in [0.2, 0.25) is 5.02 Å². The number of hydrogen-bond donors (Lipinski definition) is 1. The van der Waals surface area contributed by atoms with E-state index in [0.29, 0.717) is 44.1 Å². The van der Waals surface area contributed by atoms with Gasteiger partial charge >= 0.3 is 0 Å². The van der Waals surface area contributed by atoms with Gasteiger partial charge in [-0.2, -0.15) is 0 Å². The molecule has 21 heavy (non-hydrogen) atoms. The lowest BCUT2D eigenvalue weighted by atomic mass is 9.84. The van der Waals surface area contributed by atoms with Gasteiger partial charge in [0, 0.05) is 51.0 Å². The molecule has 0 spiro atoms. The first kappa shape index (κ1) is 15.1. The summed E-state index contributed by atoms with van der Waals surface area (Å²) in [5, 5.41) is 11.4. The van der Waals surface area contributed by atoms with Crippen molar-refractivity contribution in [3.63, 3.8) is 0 Å². The van der Waals surface area contributed by atoms with Crippen LogP contribution in [-0.4, -0.2) is 43.7 Å². The SMILES string of the molecule is COC1(C(O)Cc2cc(Cl)cc3c2OCC3)CCOCC1. The van der Waals surface area contributed by atoms with Gasteiger partial charge < -0.3 is 19.3 Å². The van der Waals surface area contributed by atoms with Gasteiger partial charge in [-0.15, -0.1) is 0 Å². The maximum atomic E-state index is 10.7. The van der Waals surface area contributed by atoms with E-state index in [1.165, 1.54) is 0 Å². The molecule has 2 aliphatic heterocycles. The lowest BCUT2D eigenvalue weighted by Gasteiger charge is -2.39. The molecule has 1 fully saturated rings. The fraction of sp³-hybridized carbons (Fsp3) is 0.625. The topological polar surface area (TPSA) is 47.9 Å². The predicted molar refractivity (Wildman–Crippen MR) is 80.2 cm³/mol. The Morgan fingerprint density at radius 3 is 2.81 bits per heavy atom. The van der Waals surface area contributed by atoms with Crippen molar-refractivity contribution in [3.8, 4) is 5.75 Å². The second-order valence-electron chi connectivity index (χ2n) is 5.75. The van der Waals surface area contributed by atoms with E-state index in [1.807, 2.05) is 12.1 Å². The zero-order valence-corrected chi connectivity index (χ0v) is 13.0. The molecule has 1 unspecified atom stereocenters. The molecule has 2 heterocycles. The molecule has 2 aliphatic rings. The van der Waals surface area contributed by atoms with E-state index < -0.39 is 11.7 Å². The summed E-state index contributed by atoms with van der Waals surface area (Å²) in [4.78, 5) is 0. The van der Waals surface area contributed by atoms with E-state index in [9.17, 15) is 5.11 Å². The normalized spacial score (nSPS) is 21.7. The summed E-state index contributed by atoms with van der Waals surface area (Å²) in [6.45, 7) is 1.92. The van der Waals surface area contributed by atoms with Crippen LogP contribution in [-0.2, 0) is 22.3 Å². The van der Waals surface area contributed by atoms with Crippen LogP contribution in [0.3, 0.4) is 0 Å². The number of ether oxygens (including phenoxy) is 3. The third-order valence-electron chi connectivity index (χ3n) is 4.59. The quantitative estimate of drug-likeness (QED) is 0.927. The minimum Gasteiger partial charge on any atom is -0.493 e. The molecular formula is C16H21ClO4. The number of hydrogen-bond acceptors (Lipinski definition) is 4. The van der Waals surface area contributed by atoms with Gasteiger partial charge in [0.1, 0.15) is 5.75 Å². The molecule has 0 bridgehead atoms. The summed E-state index contributed by atoms with van der Waals surface area (Å²) in [6.07, 6.45) is 2.17. The van der Waals surface area contributed by atoms with Gasteiger partial charge in [0.25, 0.3) is 0 Å². The molecule has 4 nitrogen and oxygen atoms in total. The third kappa shape index (κ3) is 2.90. The average Bonchev–Trinajstić information content (AvgIpc) is 2.96. The van der Waals surface area contributed by atoms with Gasteiger partial charge in [0.05, 0.1) is 18.3 Å². The Kier molecular flexibility index (Phi) is 4.41. The Morgan fingerprint density at radius 2 is 2.10 bits per heavy atom. The Hall–Kier alpha value is -0.810. The zero-order chi connectivity index (χ0) is 14.9. The molecule has 5 heteroatoms. The monoisotopic (exact) mass is 312 g/mol. The molecule has 1 N–H and O–H groups in total. The molecule has 0 saturated carbocycles. The molecule has 0 aromatic heterocycles. The molecule has 1 aromatic rings. The highest BCUT2D eigenvalue weighted by molar-refractivity contribution is 6.30. The lowest BCUT2D eigenvalue weighted by molar-refractivity contribution is -0.151. The van der Waals surface area contributed by atoms with Gasteiger partial charge in [-0.1, -0.05) is 11.6 Å². The van der Waals surface area contributed by atoms with Crippen LogP contribution in [0.4, 0.5) is 0 Å². The number of fused-ring (bicyclic) bond motifs is 1. The first-order chi connectivity index (χ1) is 10.1. The van der Waals surface area contributed by atoms with E-state index in [4.69, 9.17) is 25.8 Å². The van der Waals surface area contributed by atoms with Gasteiger partial charge in [-0.25, -0.2) is 0 Å². The number of aliphatic hydroxyl groups excluding tert-OH is 1. The molecule has 0 amide bonds. The summed E-state index contributed by atoms with van der Waals surface area (Å²) in [5.41, 5.74) is 1.56. The minimum atomic E-state index is -0.599. The number of benzene rings is 1. The van der Waals surface area contributed by atoms with Crippen LogP contribution in [0, 0.1) is 0 Å². The highest BCUT2D eigenvalue weighted by Gasteiger charge is 2.40. The Bertz CT molecular complexity index is 511. The largest absolute Gasteiger partial charge is 0.493 e. The van der Waals surface area contributed by atoms with E-state index in [-0.39, 0.29) is 0 Å². The number of halogens is 1. The van der Waals surface area contributed by atoms with Gasteiger partial charge in [-0.3, -0.25) is 0 Å². The standard InChI is InChI=1S/C16H21ClO4/c1-19-16(3-6-20-7-4-16)14(18)10-12-9-13(17)8-11-2-5-21-15(11)12/h8-9,14,18H,2-7,10H2,1H3. The number of rotatable bonds is 4. The van der Waals surface area contributed by atoms with Crippen molar-refractivity contribution in [1.29, 1.82) is 0 Å². The minimum absolute atomic E-state index is 0.483.